The predicted molar refractivity (Wildman–Crippen MR) is 111 cm³/mol. The summed E-state index contributed by atoms with van der Waals surface area (Å²) in [7, 11) is -3.28. The van der Waals surface area contributed by atoms with Gasteiger partial charge >= 0.3 is 6.09 Å². The molecule has 2 N–H and O–H groups in total. The smallest absolute Gasteiger partial charge is 0.407 e. The van der Waals surface area contributed by atoms with Gasteiger partial charge in [-0.05, 0) is 50.3 Å². The summed E-state index contributed by atoms with van der Waals surface area (Å²) in [6, 6.07) is 7.40. The summed E-state index contributed by atoms with van der Waals surface area (Å²) in [5.41, 5.74) is 0.928. The molecule has 1 amide bonds. The molecule has 1 unspecified atom stereocenters. The molecular weight excluding hydrogens is 377 g/mol. The number of ether oxygens (including phenoxy) is 2. The minimum Gasteiger partial charge on any atom is -0.484 e. The number of benzene rings is 1. The van der Waals surface area contributed by atoms with Gasteiger partial charge in [0.1, 0.15) is 5.75 Å². The van der Waals surface area contributed by atoms with Crippen LogP contribution in [0.2, 0.25) is 0 Å². The van der Waals surface area contributed by atoms with Crippen LogP contribution in [0.25, 0.3) is 0 Å². The SMILES string of the molecule is CCCCOC(=O)N[C@H](C)Cc1ccc(OCP(=O)(O)C2CCCCC2)cc1. The third kappa shape index (κ3) is 7.84. The van der Waals surface area contributed by atoms with Crippen molar-refractivity contribution < 1.29 is 23.7 Å². The first-order chi connectivity index (χ1) is 13.4. The van der Waals surface area contributed by atoms with Gasteiger partial charge in [0.15, 0.2) is 6.35 Å². The van der Waals surface area contributed by atoms with Gasteiger partial charge in [0, 0.05) is 11.7 Å². The van der Waals surface area contributed by atoms with Crippen LogP contribution in [0.15, 0.2) is 24.3 Å². The van der Waals surface area contributed by atoms with E-state index in [4.69, 9.17) is 9.47 Å². The molecule has 0 aliphatic heterocycles. The molecule has 1 aliphatic rings. The molecule has 1 aromatic rings. The van der Waals surface area contributed by atoms with Crippen molar-refractivity contribution in [3.8, 4) is 5.75 Å². The molecule has 158 valence electrons. The summed E-state index contributed by atoms with van der Waals surface area (Å²) in [6.07, 6.45) is 6.87. The average molecular weight is 411 g/mol. The van der Waals surface area contributed by atoms with E-state index >= 15 is 0 Å². The van der Waals surface area contributed by atoms with Crippen LogP contribution in [-0.2, 0) is 15.7 Å². The minimum absolute atomic E-state index is 0.0511. The maximum atomic E-state index is 12.5. The molecule has 1 aromatic carbocycles. The highest BCUT2D eigenvalue weighted by Crippen LogP contribution is 2.51. The number of alkyl carbamates (subject to hydrolysis) is 1. The van der Waals surface area contributed by atoms with Crippen molar-refractivity contribution in [1.29, 1.82) is 0 Å². The van der Waals surface area contributed by atoms with Gasteiger partial charge in [0.2, 0.25) is 7.37 Å². The Labute approximate surface area is 168 Å². The van der Waals surface area contributed by atoms with Crippen LogP contribution in [0.5, 0.6) is 5.75 Å². The summed E-state index contributed by atoms with van der Waals surface area (Å²) in [4.78, 5) is 22.0. The van der Waals surface area contributed by atoms with Gasteiger partial charge in [-0.15, -0.1) is 0 Å². The number of carbonyl (C=O) groups is 1. The van der Waals surface area contributed by atoms with Crippen molar-refractivity contribution in [2.24, 2.45) is 0 Å². The number of amides is 1. The fraction of sp³-hybridized carbons (Fsp3) is 0.667. The fourth-order valence-electron chi connectivity index (χ4n) is 3.44. The number of rotatable bonds is 10. The van der Waals surface area contributed by atoms with Crippen molar-refractivity contribution in [3.63, 3.8) is 0 Å². The van der Waals surface area contributed by atoms with Crippen LogP contribution in [0, 0.1) is 0 Å². The first-order valence-electron chi connectivity index (χ1n) is 10.4. The van der Waals surface area contributed by atoms with E-state index in [2.05, 4.69) is 5.32 Å². The molecule has 0 spiro atoms. The minimum atomic E-state index is -3.28. The van der Waals surface area contributed by atoms with Gasteiger partial charge in [0.25, 0.3) is 0 Å². The third-order valence-corrected chi connectivity index (χ3v) is 7.28. The molecule has 1 aliphatic carbocycles. The highest BCUT2D eigenvalue weighted by atomic mass is 31.2. The molecule has 0 radical (unpaired) electrons. The number of nitrogens with one attached hydrogen (secondary N) is 1. The van der Waals surface area contributed by atoms with Gasteiger partial charge in [-0.2, -0.15) is 0 Å². The second-order valence-electron chi connectivity index (χ2n) is 7.70. The van der Waals surface area contributed by atoms with E-state index in [0.717, 1.165) is 50.5 Å². The Hall–Kier alpha value is -1.52. The van der Waals surface area contributed by atoms with E-state index in [1.54, 1.807) is 0 Å². The standard InChI is InChI=1S/C21H34NO5P/c1-3-4-14-26-21(23)22-17(2)15-18-10-12-19(13-11-18)27-16-28(24,25)20-8-6-5-7-9-20/h10-13,17,20H,3-9,14-16H2,1-2H3,(H,22,23)(H,24,25)/t17-/m1/s1. The number of hydrogen-bond donors (Lipinski definition) is 2. The lowest BCUT2D eigenvalue weighted by molar-refractivity contribution is 0.141. The fourth-order valence-corrected chi connectivity index (χ4v) is 5.15. The molecule has 0 saturated heterocycles. The second-order valence-corrected chi connectivity index (χ2v) is 10.2. The zero-order valence-corrected chi connectivity index (χ0v) is 18.0. The zero-order valence-electron chi connectivity index (χ0n) is 17.1. The lowest BCUT2D eigenvalue weighted by atomic mass is 10.0. The highest BCUT2D eigenvalue weighted by Gasteiger charge is 2.32. The van der Waals surface area contributed by atoms with E-state index in [1.165, 1.54) is 0 Å². The lowest BCUT2D eigenvalue weighted by Gasteiger charge is -2.26. The topological polar surface area (TPSA) is 84.9 Å². The molecule has 1 fully saturated rings. The summed E-state index contributed by atoms with van der Waals surface area (Å²) < 4.78 is 23.2. The molecule has 0 bridgehead atoms. The van der Waals surface area contributed by atoms with Gasteiger partial charge in [-0.3, -0.25) is 4.57 Å². The van der Waals surface area contributed by atoms with E-state index in [1.807, 2.05) is 38.1 Å². The van der Waals surface area contributed by atoms with Crippen molar-refractivity contribution >= 4 is 13.5 Å². The Balaban J connectivity index is 1.76. The quantitative estimate of drug-likeness (QED) is 0.414. The van der Waals surface area contributed by atoms with E-state index in [0.29, 0.717) is 18.8 Å². The Kier molecular flexibility index (Phi) is 9.33. The summed E-state index contributed by atoms with van der Waals surface area (Å²) in [5, 5.41) is 2.82. The number of unbranched alkanes of at least 4 members (excludes halogenated alkanes) is 1. The van der Waals surface area contributed by atoms with Crippen LogP contribution >= 0.6 is 7.37 Å². The molecule has 2 rings (SSSR count). The van der Waals surface area contributed by atoms with Crippen LogP contribution in [-0.4, -0.2) is 35.6 Å². The molecule has 0 aromatic heterocycles. The Bertz CT molecular complexity index is 643. The molecule has 2 atom stereocenters. The van der Waals surface area contributed by atoms with Gasteiger partial charge in [-0.25, -0.2) is 4.79 Å². The summed E-state index contributed by atoms with van der Waals surface area (Å²) in [5.74, 6) is 0.591. The van der Waals surface area contributed by atoms with Crippen LogP contribution in [0.1, 0.15) is 64.4 Å². The first kappa shape index (κ1) is 22.8. The molecular formula is C21H34NO5P. The van der Waals surface area contributed by atoms with Gasteiger partial charge in [-0.1, -0.05) is 44.7 Å². The van der Waals surface area contributed by atoms with Crippen LogP contribution in [0.4, 0.5) is 4.79 Å². The maximum Gasteiger partial charge on any atom is 0.407 e. The number of hydrogen-bond acceptors (Lipinski definition) is 4. The second kappa shape index (κ2) is 11.5. The molecule has 0 heterocycles. The predicted octanol–water partition coefficient (Wildman–Crippen LogP) is 5.08. The zero-order chi connectivity index (χ0) is 20.4. The molecule has 6 nitrogen and oxygen atoms in total. The summed E-state index contributed by atoms with van der Waals surface area (Å²) in [6.45, 7) is 4.42. The Morgan fingerprint density at radius 3 is 2.57 bits per heavy atom. The third-order valence-electron chi connectivity index (χ3n) is 5.12. The summed E-state index contributed by atoms with van der Waals surface area (Å²) >= 11 is 0. The molecule has 1 saturated carbocycles. The maximum absolute atomic E-state index is 12.5. The highest BCUT2D eigenvalue weighted by molar-refractivity contribution is 7.58. The lowest BCUT2D eigenvalue weighted by Crippen LogP contribution is -2.34. The normalized spacial score (nSPS) is 18.1. The Morgan fingerprint density at radius 2 is 1.93 bits per heavy atom. The van der Waals surface area contributed by atoms with Crippen LogP contribution < -0.4 is 10.1 Å². The average Bonchev–Trinajstić information content (AvgIpc) is 2.68. The van der Waals surface area contributed by atoms with Crippen molar-refractivity contribution in [2.45, 2.75) is 76.9 Å². The van der Waals surface area contributed by atoms with E-state index < -0.39 is 7.37 Å². The van der Waals surface area contributed by atoms with Crippen LogP contribution in [0.3, 0.4) is 0 Å². The monoisotopic (exact) mass is 411 g/mol. The molecule has 7 heteroatoms. The number of carbonyl (C=O) groups excluding carboxylic acids is 1. The van der Waals surface area contributed by atoms with Crippen molar-refractivity contribution in [3.05, 3.63) is 29.8 Å². The van der Waals surface area contributed by atoms with Crippen molar-refractivity contribution in [2.75, 3.05) is 13.0 Å². The van der Waals surface area contributed by atoms with E-state index in [9.17, 15) is 14.3 Å². The van der Waals surface area contributed by atoms with Gasteiger partial charge in [0.05, 0.1) is 6.61 Å². The van der Waals surface area contributed by atoms with Gasteiger partial charge < -0.3 is 19.7 Å². The largest absolute Gasteiger partial charge is 0.484 e. The molecule has 28 heavy (non-hydrogen) atoms. The Morgan fingerprint density at radius 1 is 1.25 bits per heavy atom. The first-order valence-corrected chi connectivity index (χ1v) is 12.3. The van der Waals surface area contributed by atoms with Crippen molar-refractivity contribution in [1.82, 2.24) is 5.32 Å². The van der Waals surface area contributed by atoms with E-state index in [-0.39, 0.29) is 24.1 Å².